The lowest BCUT2D eigenvalue weighted by Crippen LogP contribution is -2.05. The van der Waals surface area contributed by atoms with E-state index in [9.17, 15) is 9.90 Å². The molecule has 0 aliphatic carbocycles. The molecule has 16 heavy (non-hydrogen) atoms. The average Bonchev–Trinajstić information content (AvgIpc) is 2.53. The van der Waals surface area contributed by atoms with Crippen LogP contribution in [-0.4, -0.2) is 15.6 Å². The fraction of sp³-hybridized carbons (Fsp3) is 0.308. The van der Waals surface area contributed by atoms with Gasteiger partial charge in [-0.1, -0.05) is 12.1 Å². The number of carboxylic acids is 1. The Hall–Kier alpha value is -1.77. The fourth-order valence-electron chi connectivity index (χ4n) is 2.27. The maximum atomic E-state index is 11.3. The minimum atomic E-state index is -0.851. The molecule has 1 aromatic heterocycles. The highest BCUT2D eigenvalue weighted by Crippen LogP contribution is 2.25. The van der Waals surface area contributed by atoms with Gasteiger partial charge in [-0.15, -0.1) is 0 Å². The number of nitrogens with zero attached hydrogens (tertiary/aromatic N) is 1. The summed E-state index contributed by atoms with van der Waals surface area (Å²) in [5.41, 5.74) is 3.18. The third-order valence-corrected chi connectivity index (χ3v) is 3.01. The Bertz CT molecular complexity index is 567. The van der Waals surface area contributed by atoms with Gasteiger partial charge in [0.1, 0.15) is 0 Å². The van der Waals surface area contributed by atoms with E-state index >= 15 is 0 Å². The maximum absolute atomic E-state index is 11.3. The zero-order chi connectivity index (χ0) is 11.9. The number of benzene rings is 1. The van der Waals surface area contributed by atoms with Crippen molar-refractivity contribution in [1.29, 1.82) is 0 Å². The molecule has 0 saturated carbocycles. The molecule has 1 aromatic carbocycles. The first-order valence-electron chi connectivity index (χ1n) is 5.39. The summed E-state index contributed by atoms with van der Waals surface area (Å²) in [7, 11) is 0. The summed E-state index contributed by atoms with van der Waals surface area (Å²) in [6, 6.07) is 5.88. The Balaban J connectivity index is 2.94. The summed E-state index contributed by atoms with van der Waals surface area (Å²) in [5, 5.41) is 10.3. The lowest BCUT2D eigenvalue weighted by Gasteiger charge is -2.08. The first kappa shape index (κ1) is 10.7. The number of hydrogen-bond acceptors (Lipinski definition) is 1. The molecular formula is C13H15NO2. The van der Waals surface area contributed by atoms with Crippen molar-refractivity contribution in [2.75, 3.05) is 0 Å². The molecule has 2 rings (SSSR count). The molecule has 1 N–H and O–H groups in total. The number of rotatable bonds is 2. The number of aromatic carboxylic acids is 1. The van der Waals surface area contributed by atoms with Gasteiger partial charge in [-0.25, -0.2) is 4.79 Å². The number of carbonyl (C=O) groups is 1. The van der Waals surface area contributed by atoms with Crippen LogP contribution in [0.5, 0.6) is 0 Å². The minimum Gasteiger partial charge on any atom is -0.478 e. The van der Waals surface area contributed by atoms with Gasteiger partial charge in [0.2, 0.25) is 0 Å². The van der Waals surface area contributed by atoms with Crippen LogP contribution in [0, 0.1) is 13.8 Å². The van der Waals surface area contributed by atoms with Gasteiger partial charge in [-0.05, 0) is 32.4 Å². The highest BCUT2D eigenvalue weighted by molar-refractivity contribution is 6.04. The van der Waals surface area contributed by atoms with E-state index in [-0.39, 0.29) is 0 Å². The van der Waals surface area contributed by atoms with Gasteiger partial charge >= 0.3 is 5.97 Å². The van der Waals surface area contributed by atoms with E-state index in [0.29, 0.717) is 5.56 Å². The zero-order valence-electron chi connectivity index (χ0n) is 9.74. The smallest absolute Gasteiger partial charge is 0.338 e. The number of carboxylic acid groups (broad SMARTS) is 1. The van der Waals surface area contributed by atoms with E-state index in [4.69, 9.17) is 0 Å². The van der Waals surface area contributed by atoms with Crippen molar-refractivity contribution in [2.45, 2.75) is 27.3 Å². The molecule has 0 radical (unpaired) electrons. The van der Waals surface area contributed by atoms with E-state index in [1.807, 2.05) is 43.5 Å². The monoisotopic (exact) mass is 217 g/mol. The van der Waals surface area contributed by atoms with E-state index in [1.165, 1.54) is 0 Å². The van der Waals surface area contributed by atoms with Crippen LogP contribution in [0.2, 0.25) is 0 Å². The van der Waals surface area contributed by atoms with Crippen LogP contribution in [-0.2, 0) is 6.54 Å². The molecule has 3 heteroatoms. The van der Waals surface area contributed by atoms with Gasteiger partial charge < -0.3 is 9.67 Å². The molecule has 84 valence electrons. The topological polar surface area (TPSA) is 42.2 Å². The number of hydrogen-bond donors (Lipinski definition) is 1. The second kappa shape index (κ2) is 3.67. The van der Waals surface area contributed by atoms with Crippen molar-refractivity contribution >= 4 is 16.9 Å². The van der Waals surface area contributed by atoms with Gasteiger partial charge in [0, 0.05) is 17.6 Å². The van der Waals surface area contributed by atoms with Crippen LogP contribution < -0.4 is 0 Å². The summed E-state index contributed by atoms with van der Waals surface area (Å²) in [6.45, 7) is 6.66. The third-order valence-electron chi connectivity index (χ3n) is 3.01. The van der Waals surface area contributed by atoms with Crippen molar-refractivity contribution in [3.05, 3.63) is 35.0 Å². The molecule has 2 aromatic rings. The standard InChI is InChI=1S/C13H15NO2/c1-4-14-9(3)7-10-6-5-8(2)11(12(10)14)13(15)16/h5-7H,4H2,1-3H3,(H,15,16). The van der Waals surface area contributed by atoms with Crippen LogP contribution in [0.3, 0.4) is 0 Å². The molecule has 3 nitrogen and oxygen atoms in total. The molecule has 0 saturated heterocycles. The Morgan fingerprint density at radius 1 is 1.38 bits per heavy atom. The molecule has 0 atom stereocenters. The molecule has 0 bridgehead atoms. The molecule has 0 aliphatic heterocycles. The molecule has 0 aliphatic rings. The van der Waals surface area contributed by atoms with Gasteiger partial charge in [-0.3, -0.25) is 0 Å². The van der Waals surface area contributed by atoms with Crippen molar-refractivity contribution < 1.29 is 9.90 Å². The number of fused-ring (bicyclic) bond motifs is 1. The average molecular weight is 217 g/mol. The zero-order valence-corrected chi connectivity index (χ0v) is 9.74. The summed E-state index contributed by atoms with van der Waals surface area (Å²) < 4.78 is 2.05. The van der Waals surface area contributed by atoms with Crippen LogP contribution in [0.4, 0.5) is 0 Å². The Kier molecular flexibility index (Phi) is 2.46. The van der Waals surface area contributed by atoms with Crippen molar-refractivity contribution in [3.8, 4) is 0 Å². The first-order chi connectivity index (χ1) is 7.56. The largest absolute Gasteiger partial charge is 0.478 e. The minimum absolute atomic E-state index is 0.424. The molecule has 0 amide bonds. The lowest BCUT2D eigenvalue weighted by molar-refractivity contribution is 0.0698. The van der Waals surface area contributed by atoms with Crippen molar-refractivity contribution in [3.63, 3.8) is 0 Å². The van der Waals surface area contributed by atoms with Gasteiger partial charge in [0.05, 0.1) is 11.1 Å². The molecule has 0 spiro atoms. The van der Waals surface area contributed by atoms with E-state index in [1.54, 1.807) is 0 Å². The van der Waals surface area contributed by atoms with E-state index in [0.717, 1.165) is 28.7 Å². The second-order valence-electron chi connectivity index (χ2n) is 4.03. The third kappa shape index (κ3) is 1.40. The van der Waals surface area contributed by atoms with Crippen LogP contribution in [0.1, 0.15) is 28.5 Å². The summed E-state index contributed by atoms with van der Waals surface area (Å²) >= 11 is 0. The SMILES string of the molecule is CCn1c(C)cc2ccc(C)c(C(=O)O)c21. The van der Waals surface area contributed by atoms with Crippen LogP contribution in [0.15, 0.2) is 18.2 Å². The summed E-state index contributed by atoms with van der Waals surface area (Å²) in [4.78, 5) is 11.3. The lowest BCUT2D eigenvalue weighted by atomic mass is 10.1. The van der Waals surface area contributed by atoms with Gasteiger partial charge in [0.15, 0.2) is 0 Å². The summed E-state index contributed by atoms with van der Waals surface area (Å²) in [6.07, 6.45) is 0. The Morgan fingerprint density at radius 2 is 2.06 bits per heavy atom. The van der Waals surface area contributed by atoms with E-state index < -0.39 is 5.97 Å². The van der Waals surface area contributed by atoms with Crippen molar-refractivity contribution in [2.24, 2.45) is 0 Å². The van der Waals surface area contributed by atoms with E-state index in [2.05, 4.69) is 0 Å². The van der Waals surface area contributed by atoms with Crippen LogP contribution >= 0.6 is 0 Å². The normalized spacial score (nSPS) is 10.9. The van der Waals surface area contributed by atoms with Crippen LogP contribution in [0.25, 0.3) is 10.9 Å². The second-order valence-corrected chi connectivity index (χ2v) is 4.03. The Labute approximate surface area is 94.3 Å². The fourth-order valence-corrected chi connectivity index (χ4v) is 2.27. The highest BCUT2D eigenvalue weighted by atomic mass is 16.4. The molecule has 0 unspecified atom stereocenters. The number of aromatic nitrogens is 1. The first-order valence-corrected chi connectivity index (χ1v) is 5.39. The predicted octanol–water partition coefficient (Wildman–Crippen LogP) is 2.98. The maximum Gasteiger partial charge on any atom is 0.338 e. The van der Waals surface area contributed by atoms with Crippen molar-refractivity contribution in [1.82, 2.24) is 4.57 Å². The number of aryl methyl sites for hydroxylation is 3. The predicted molar refractivity (Wildman–Crippen MR) is 64.0 cm³/mol. The molecule has 0 fully saturated rings. The molecular weight excluding hydrogens is 202 g/mol. The molecule has 1 heterocycles. The summed E-state index contributed by atoms with van der Waals surface area (Å²) in [5.74, 6) is -0.851. The quantitative estimate of drug-likeness (QED) is 0.840. The van der Waals surface area contributed by atoms with Gasteiger partial charge in [0.25, 0.3) is 0 Å². The highest BCUT2D eigenvalue weighted by Gasteiger charge is 2.16. The van der Waals surface area contributed by atoms with Gasteiger partial charge in [-0.2, -0.15) is 0 Å². The Morgan fingerprint density at radius 3 is 2.62 bits per heavy atom.